The Labute approximate surface area is 131 Å². The van der Waals surface area contributed by atoms with Crippen molar-refractivity contribution in [3.8, 4) is 0 Å². The Kier molecular flexibility index (Phi) is 5.24. The van der Waals surface area contributed by atoms with E-state index in [1.54, 1.807) is 0 Å². The summed E-state index contributed by atoms with van der Waals surface area (Å²) in [5.41, 5.74) is -6.86. The van der Waals surface area contributed by atoms with Crippen molar-refractivity contribution in [2.75, 3.05) is 0 Å². The third-order valence-corrected chi connectivity index (χ3v) is 3.13. The van der Waals surface area contributed by atoms with Crippen molar-refractivity contribution >= 4 is 27.5 Å². The van der Waals surface area contributed by atoms with Gasteiger partial charge in [-0.15, -0.1) is 0 Å². The number of rotatable bonds is 4. The minimum atomic E-state index is -6.59. The monoisotopic (exact) mass is 412 g/mol. The Bertz CT molecular complexity index is 601. The first kappa shape index (κ1) is 19.5. The molecule has 0 heterocycles. The summed E-state index contributed by atoms with van der Waals surface area (Å²) in [6.45, 7) is 0. The van der Waals surface area contributed by atoms with E-state index < -0.39 is 47.4 Å². The number of Topliss-reactive ketones (excluding diaryl/α,β-unsaturated/α-hetero) is 2. The first-order valence-corrected chi connectivity index (χ1v) is 6.34. The van der Waals surface area contributed by atoms with Gasteiger partial charge in [0.1, 0.15) is 5.82 Å². The van der Waals surface area contributed by atoms with Crippen LogP contribution in [0.1, 0.15) is 16.8 Å². The molecule has 0 aliphatic carbocycles. The molecule has 0 radical (unpaired) electrons. The first-order chi connectivity index (χ1) is 10.2. The maximum atomic E-state index is 13.4. The van der Waals surface area contributed by atoms with Gasteiger partial charge in [0.25, 0.3) is 0 Å². The molecule has 0 bridgehead atoms. The number of benzene rings is 1. The molecule has 0 N–H and O–H groups in total. The van der Waals surface area contributed by atoms with Crippen LogP contribution in [0.2, 0.25) is 0 Å². The highest BCUT2D eigenvalue weighted by Gasteiger charge is 2.76. The van der Waals surface area contributed by atoms with Crippen LogP contribution >= 0.6 is 15.9 Å². The van der Waals surface area contributed by atoms with Crippen LogP contribution in [0.5, 0.6) is 0 Å². The van der Waals surface area contributed by atoms with Gasteiger partial charge in [0.15, 0.2) is 11.6 Å². The van der Waals surface area contributed by atoms with E-state index in [0.29, 0.717) is 6.07 Å². The van der Waals surface area contributed by atoms with E-state index in [4.69, 9.17) is 0 Å². The molecular weight excluding hydrogens is 408 g/mol. The topological polar surface area (TPSA) is 34.1 Å². The average Bonchev–Trinajstić information content (AvgIpc) is 2.33. The number of ketones is 2. The summed E-state index contributed by atoms with van der Waals surface area (Å²) in [6.07, 6.45) is -15.2. The second kappa shape index (κ2) is 6.17. The fraction of sp³-hybridized carbons (Fsp3) is 0.333. The molecule has 0 aromatic heterocycles. The fourth-order valence-corrected chi connectivity index (χ4v) is 2.03. The summed E-state index contributed by atoms with van der Waals surface area (Å²) < 4.78 is 100. The van der Waals surface area contributed by atoms with Crippen LogP contribution in [0.15, 0.2) is 22.7 Å². The van der Waals surface area contributed by atoms with E-state index in [1.807, 2.05) is 0 Å². The highest BCUT2D eigenvalue weighted by Crippen LogP contribution is 2.47. The van der Waals surface area contributed by atoms with Crippen molar-refractivity contribution in [3.63, 3.8) is 0 Å². The van der Waals surface area contributed by atoms with Gasteiger partial charge in [-0.3, -0.25) is 9.59 Å². The SMILES string of the molecule is O=C(CC(=O)C(F)(C(F)(F)F)C(F)(F)F)c1cc(F)cc(Br)c1. The third kappa shape index (κ3) is 3.88. The van der Waals surface area contributed by atoms with E-state index in [-0.39, 0.29) is 4.47 Å². The lowest BCUT2D eigenvalue weighted by Crippen LogP contribution is -2.59. The molecule has 0 aliphatic rings. The van der Waals surface area contributed by atoms with Crippen LogP contribution in [0.25, 0.3) is 0 Å². The fourth-order valence-electron chi connectivity index (χ4n) is 1.56. The van der Waals surface area contributed by atoms with E-state index in [9.17, 15) is 44.7 Å². The van der Waals surface area contributed by atoms with Crippen molar-refractivity contribution in [2.45, 2.75) is 24.4 Å². The van der Waals surface area contributed by atoms with Gasteiger partial charge >= 0.3 is 18.0 Å². The van der Waals surface area contributed by atoms with Gasteiger partial charge in [-0.1, -0.05) is 15.9 Å². The van der Waals surface area contributed by atoms with Crippen molar-refractivity contribution in [1.82, 2.24) is 0 Å². The minimum Gasteiger partial charge on any atom is -0.295 e. The maximum Gasteiger partial charge on any atom is 0.439 e. The zero-order chi connectivity index (χ0) is 18.2. The minimum absolute atomic E-state index is 0.0496. The maximum absolute atomic E-state index is 13.4. The van der Waals surface area contributed by atoms with Gasteiger partial charge in [0.05, 0.1) is 6.42 Å². The molecule has 1 rings (SSSR count). The Balaban J connectivity index is 3.16. The number of carbonyl (C=O) groups is 2. The number of hydrogen-bond donors (Lipinski definition) is 0. The molecule has 23 heavy (non-hydrogen) atoms. The molecule has 0 spiro atoms. The van der Waals surface area contributed by atoms with Crippen molar-refractivity contribution in [2.24, 2.45) is 0 Å². The van der Waals surface area contributed by atoms with E-state index in [0.717, 1.165) is 12.1 Å². The van der Waals surface area contributed by atoms with E-state index in [2.05, 4.69) is 15.9 Å². The van der Waals surface area contributed by atoms with Crippen molar-refractivity contribution in [1.29, 1.82) is 0 Å². The number of hydrogen-bond acceptors (Lipinski definition) is 2. The molecule has 0 fully saturated rings. The average molecular weight is 413 g/mol. The Hall–Kier alpha value is -1.52. The zero-order valence-corrected chi connectivity index (χ0v) is 12.2. The van der Waals surface area contributed by atoms with Crippen molar-refractivity contribution in [3.05, 3.63) is 34.1 Å². The van der Waals surface area contributed by atoms with Gasteiger partial charge < -0.3 is 0 Å². The molecule has 11 heteroatoms. The van der Waals surface area contributed by atoms with Crippen molar-refractivity contribution < 1.29 is 44.7 Å². The molecule has 0 saturated carbocycles. The zero-order valence-electron chi connectivity index (χ0n) is 10.7. The van der Waals surface area contributed by atoms with Crippen LogP contribution in [-0.4, -0.2) is 29.6 Å². The van der Waals surface area contributed by atoms with Crippen LogP contribution in [-0.2, 0) is 4.79 Å². The largest absolute Gasteiger partial charge is 0.439 e. The van der Waals surface area contributed by atoms with Crippen LogP contribution in [0.3, 0.4) is 0 Å². The molecule has 1 aromatic rings. The lowest BCUT2D eigenvalue weighted by Gasteiger charge is -2.28. The van der Waals surface area contributed by atoms with Gasteiger partial charge in [-0.25, -0.2) is 8.78 Å². The first-order valence-electron chi connectivity index (χ1n) is 5.55. The third-order valence-electron chi connectivity index (χ3n) is 2.67. The van der Waals surface area contributed by atoms with E-state index in [1.165, 1.54) is 0 Å². The number of carbonyl (C=O) groups excluding carboxylic acids is 2. The molecular formula is C12H5BrF8O2. The quantitative estimate of drug-likeness (QED) is 0.412. The number of halogens is 9. The molecule has 0 atom stereocenters. The summed E-state index contributed by atoms with van der Waals surface area (Å²) in [4.78, 5) is 22.7. The van der Waals surface area contributed by atoms with Gasteiger partial charge in [0, 0.05) is 10.0 Å². The lowest BCUT2D eigenvalue weighted by molar-refractivity contribution is -0.324. The highest BCUT2D eigenvalue weighted by atomic mass is 79.9. The van der Waals surface area contributed by atoms with Gasteiger partial charge in [-0.2, -0.15) is 26.3 Å². The van der Waals surface area contributed by atoms with Gasteiger partial charge in [0.2, 0.25) is 0 Å². The van der Waals surface area contributed by atoms with Crippen LogP contribution in [0, 0.1) is 5.82 Å². The van der Waals surface area contributed by atoms with E-state index >= 15 is 0 Å². The highest BCUT2D eigenvalue weighted by molar-refractivity contribution is 9.10. The summed E-state index contributed by atoms with van der Waals surface area (Å²) in [7, 11) is 0. The van der Waals surface area contributed by atoms with Crippen LogP contribution in [0.4, 0.5) is 35.1 Å². The second-order valence-corrected chi connectivity index (χ2v) is 5.25. The predicted octanol–water partition coefficient (Wildman–Crippen LogP) is 4.56. The predicted molar refractivity (Wildman–Crippen MR) is 64.0 cm³/mol. The molecule has 0 amide bonds. The Morgan fingerprint density at radius 1 is 0.913 bits per heavy atom. The summed E-state index contributed by atoms with van der Waals surface area (Å²) in [5, 5.41) is 0. The molecule has 0 saturated heterocycles. The smallest absolute Gasteiger partial charge is 0.295 e. The summed E-state index contributed by atoms with van der Waals surface area (Å²) in [5.74, 6) is -5.65. The Morgan fingerprint density at radius 2 is 1.39 bits per heavy atom. The molecule has 2 nitrogen and oxygen atoms in total. The van der Waals surface area contributed by atoms with Gasteiger partial charge in [-0.05, 0) is 18.2 Å². The standard InChI is InChI=1S/C12H5BrF8O2/c13-6-1-5(2-7(14)3-6)8(22)4-9(23)10(15,11(16,17)18)12(19,20)21/h1-3H,4H2. The summed E-state index contributed by atoms with van der Waals surface area (Å²) in [6, 6.07) is 2.20. The molecule has 1 aromatic carbocycles. The normalized spacial score (nSPS) is 13.1. The summed E-state index contributed by atoms with van der Waals surface area (Å²) >= 11 is 2.74. The lowest BCUT2D eigenvalue weighted by atomic mass is 9.93. The molecule has 0 unspecified atom stereocenters. The second-order valence-electron chi connectivity index (χ2n) is 4.34. The Morgan fingerprint density at radius 3 is 1.78 bits per heavy atom. The number of alkyl halides is 7. The van der Waals surface area contributed by atoms with Crippen LogP contribution < -0.4 is 0 Å². The molecule has 0 aliphatic heterocycles. The molecule has 128 valence electrons.